The molecule has 0 atom stereocenters. The Balaban J connectivity index is 1.92. The van der Waals surface area contributed by atoms with E-state index in [4.69, 9.17) is 5.73 Å². The van der Waals surface area contributed by atoms with Crippen molar-refractivity contribution in [3.05, 3.63) is 6.33 Å². The van der Waals surface area contributed by atoms with Crippen molar-refractivity contribution in [1.29, 1.82) is 0 Å². The van der Waals surface area contributed by atoms with Gasteiger partial charge in [-0.25, -0.2) is 9.67 Å². The Morgan fingerprint density at radius 1 is 1.47 bits per heavy atom. The zero-order valence-electron chi connectivity index (χ0n) is 11.8. The molecule has 1 aliphatic rings. The van der Waals surface area contributed by atoms with Crippen molar-refractivity contribution in [2.24, 2.45) is 0 Å². The van der Waals surface area contributed by atoms with Crippen molar-refractivity contribution in [2.75, 3.05) is 33.4 Å². The summed E-state index contributed by atoms with van der Waals surface area (Å²) in [6.07, 6.45) is 5.01. The molecular formula is C12H22N6O. The summed E-state index contributed by atoms with van der Waals surface area (Å²) in [4.78, 5) is 20.0. The first kappa shape index (κ1) is 13.8. The minimum absolute atomic E-state index is 0.0259. The number of aromatic nitrogens is 3. The van der Waals surface area contributed by atoms with Crippen LogP contribution in [0.5, 0.6) is 0 Å². The van der Waals surface area contributed by atoms with E-state index in [1.54, 1.807) is 4.90 Å². The molecule has 2 rings (SSSR count). The molecule has 0 unspecified atom stereocenters. The van der Waals surface area contributed by atoms with Crippen LogP contribution in [0.15, 0.2) is 6.33 Å². The minimum Gasteiger partial charge on any atom is -0.367 e. The molecule has 19 heavy (non-hydrogen) atoms. The number of carbonyl (C=O) groups is 1. The normalized spacial score (nSPS) is 17.3. The number of carbonyl (C=O) groups excluding carboxylic acids is 1. The number of likely N-dealkylation sites (N-methyl/N-ethyl adjacent to an activating group) is 2. The maximum absolute atomic E-state index is 12.1. The van der Waals surface area contributed by atoms with Gasteiger partial charge < -0.3 is 15.5 Å². The van der Waals surface area contributed by atoms with Crippen LogP contribution in [0, 0.1) is 0 Å². The van der Waals surface area contributed by atoms with Crippen LogP contribution in [0.25, 0.3) is 0 Å². The van der Waals surface area contributed by atoms with E-state index in [0.717, 1.165) is 19.4 Å². The van der Waals surface area contributed by atoms with E-state index in [9.17, 15) is 4.79 Å². The third kappa shape index (κ3) is 2.86. The lowest BCUT2D eigenvalue weighted by atomic mass is 9.75. The Labute approximate surface area is 113 Å². The van der Waals surface area contributed by atoms with Crippen molar-refractivity contribution in [2.45, 2.75) is 31.3 Å². The number of anilines is 1. The average Bonchev–Trinajstić information content (AvgIpc) is 2.68. The molecular weight excluding hydrogens is 244 g/mol. The molecule has 1 fully saturated rings. The lowest BCUT2D eigenvalue weighted by Gasteiger charge is -2.49. The second kappa shape index (κ2) is 5.16. The Bertz CT molecular complexity index is 451. The zero-order valence-corrected chi connectivity index (χ0v) is 11.8. The molecule has 1 aromatic rings. The summed E-state index contributed by atoms with van der Waals surface area (Å²) in [5.41, 5.74) is 5.57. The molecule has 1 heterocycles. The minimum atomic E-state index is 0.0259. The molecule has 1 amide bonds. The number of nitrogens with two attached hydrogens (primary N) is 1. The van der Waals surface area contributed by atoms with Gasteiger partial charge in [-0.1, -0.05) is 0 Å². The molecule has 0 aliphatic heterocycles. The van der Waals surface area contributed by atoms with Crippen LogP contribution in [0.4, 0.5) is 5.95 Å². The van der Waals surface area contributed by atoms with Crippen LogP contribution in [0.1, 0.15) is 19.3 Å². The molecule has 1 saturated carbocycles. The number of nitrogen functional groups attached to an aromatic ring is 1. The van der Waals surface area contributed by atoms with Crippen LogP contribution in [0.2, 0.25) is 0 Å². The van der Waals surface area contributed by atoms with E-state index in [0.29, 0.717) is 0 Å². The SMILES string of the molecule is CN(CC1(N(C)C)CCC1)C(=O)Cn1cnc(N)n1. The summed E-state index contributed by atoms with van der Waals surface area (Å²) in [5.74, 6) is 0.220. The molecule has 0 bridgehead atoms. The Hall–Kier alpha value is -1.63. The Morgan fingerprint density at radius 2 is 2.16 bits per heavy atom. The first-order valence-corrected chi connectivity index (χ1v) is 6.49. The summed E-state index contributed by atoms with van der Waals surface area (Å²) in [6, 6.07) is 0. The van der Waals surface area contributed by atoms with E-state index < -0.39 is 0 Å². The highest BCUT2D eigenvalue weighted by Crippen LogP contribution is 2.36. The second-order valence-corrected chi connectivity index (χ2v) is 5.52. The summed E-state index contributed by atoms with van der Waals surface area (Å²) < 4.78 is 1.47. The Kier molecular flexibility index (Phi) is 3.75. The number of amides is 1. The lowest BCUT2D eigenvalue weighted by molar-refractivity contribution is -0.133. The molecule has 1 aromatic heterocycles. The van der Waals surface area contributed by atoms with Crippen molar-refractivity contribution in [3.8, 4) is 0 Å². The number of rotatable bonds is 5. The standard InChI is InChI=1S/C12H22N6O/c1-16(2)12(5-4-6-12)8-17(3)10(19)7-18-9-14-11(13)15-18/h9H,4-8H2,1-3H3,(H2,13,15). The fourth-order valence-electron chi connectivity index (χ4n) is 2.51. The van der Waals surface area contributed by atoms with Gasteiger partial charge in [-0.05, 0) is 33.4 Å². The third-order valence-electron chi connectivity index (χ3n) is 4.04. The maximum atomic E-state index is 12.1. The number of hydrogen-bond donors (Lipinski definition) is 1. The fraction of sp³-hybridized carbons (Fsp3) is 0.750. The smallest absolute Gasteiger partial charge is 0.244 e. The van der Waals surface area contributed by atoms with Crippen molar-refractivity contribution >= 4 is 11.9 Å². The Morgan fingerprint density at radius 3 is 2.58 bits per heavy atom. The molecule has 0 aromatic carbocycles. The topological polar surface area (TPSA) is 80.3 Å². The van der Waals surface area contributed by atoms with Crippen LogP contribution < -0.4 is 5.73 Å². The largest absolute Gasteiger partial charge is 0.367 e. The van der Waals surface area contributed by atoms with Gasteiger partial charge in [0.05, 0.1) is 0 Å². The van der Waals surface area contributed by atoms with E-state index in [1.807, 2.05) is 7.05 Å². The van der Waals surface area contributed by atoms with Crippen molar-refractivity contribution in [3.63, 3.8) is 0 Å². The first-order valence-electron chi connectivity index (χ1n) is 6.49. The van der Waals surface area contributed by atoms with Gasteiger partial charge in [0, 0.05) is 19.1 Å². The van der Waals surface area contributed by atoms with E-state index >= 15 is 0 Å². The van der Waals surface area contributed by atoms with Gasteiger partial charge in [-0.3, -0.25) is 4.79 Å². The third-order valence-corrected chi connectivity index (χ3v) is 4.04. The van der Waals surface area contributed by atoms with Gasteiger partial charge in [-0.15, -0.1) is 5.10 Å². The second-order valence-electron chi connectivity index (χ2n) is 5.52. The van der Waals surface area contributed by atoms with Crippen molar-refractivity contribution < 1.29 is 4.79 Å². The van der Waals surface area contributed by atoms with E-state index in [-0.39, 0.29) is 23.9 Å². The van der Waals surface area contributed by atoms with Gasteiger partial charge in [0.15, 0.2) is 0 Å². The molecule has 0 saturated heterocycles. The highest BCUT2D eigenvalue weighted by Gasteiger charge is 2.40. The molecule has 7 heteroatoms. The highest BCUT2D eigenvalue weighted by atomic mass is 16.2. The lowest BCUT2D eigenvalue weighted by Crippen LogP contribution is -2.57. The zero-order chi connectivity index (χ0) is 14.0. The number of hydrogen-bond acceptors (Lipinski definition) is 5. The van der Waals surface area contributed by atoms with Gasteiger partial charge in [-0.2, -0.15) is 0 Å². The maximum Gasteiger partial charge on any atom is 0.244 e. The first-order chi connectivity index (χ1) is 8.93. The van der Waals surface area contributed by atoms with Crippen LogP contribution in [-0.2, 0) is 11.3 Å². The summed E-state index contributed by atoms with van der Waals surface area (Å²) >= 11 is 0. The molecule has 1 aliphatic carbocycles. The summed E-state index contributed by atoms with van der Waals surface area (Å²) in [5, 5.41) is 3.92. The van der Waals surface area contributed by atoms with Crippen LogP contribution in [0.3, 0.4) is 0 Å². The van der Waals surface area contributed by atoms with E-state index in [1.165, 1.54) is 17.4 Å². The quantitative estimate of drug-likeness (QED) is 0.798. The van der Waals surface area contributed by atoms with Gasteiger partial charge in [0.25, 0.3) is 0 Å². The molecule has 106 valence electrons. The summed E-state index contributed by atoms with van der Waals surface area (Å²) in [6.45, 7) is 0.938. The summed E-state index contributed by atoms with van der Waals surface area (Å²) in [7, 11) is 6.00. The van der Waals surface area contributed by atoms with Crippen molar-refractivity contribution in [1.82, 2.24) is 24.6 Å². The predicted molar refractivity (Wildman–Crippen MR) is 72.3 cm³/mol. The van der Waals surface area contributed by atoms with E-state index in [2.05, 4.69) is 29.1 Å². The predicted octanol–water partition coefficient (Wildman–Crippen LogP) is -0.197. The van der Waals surface area contributed by atoms with Crippen LogP contribution in [-0.4, -0.2) is 63.7 Å². The monoisotopic (exact) mass is 266 g/mol. The number of nitrogens with zero attached hydrogens (tertiary/aromatic N) is 5. The van der Waals surface area contributed by atoms with Gasteiger partial charge in [0.2, 0.25) is 11.9 Å². The molecule has 0 radical (unpaired) electrons. The van der Waals surface area contributed by atoms with Crippen LogP contribution >= 0.6 is 0 Å². The fourth-order valence-corrected chi connectivity index (χ4v) is 2.51. The average molecular weight is 266 g/mol. The molecule has 2 N–H and O–H groups in total. The molecule has 0 spiro atoms. The van der Waals surface area contributed by atoms with Gasteiger partial charge >= 0.3 is 0 Å². The molecule has 7 nitrogen and oxygen atoms in total. The highest BCUT2D eigenvalue weighted by molar-refractivity contribution is 5.75. The van der Waals surface area contributed by atoms with Gasteiger partial charge in [0.1, 0.15) is 12.9 Å².